The molecule has 2 bridgehead atoms. The summed E-state index contributed by atoms with van der Waals surface area (Å²) < 4.78 is 13.4. The van der Waals surface area contributed by atoms with Crippen LogP contribution < -0.4 is 5.32 Å². The van der Waals surface area contributed by atoms with Gasteiger partial charge in [0.25, 0.3) is 0 Å². The van der Waals surface area contributed by atoms with Gasteiger partial charge in [-0.25, -0.2) is 9.37 Å². The van der Waals surface area contributed by atoms with Crippen LogP contribution in [0.25, 0.3) is 0 Å². The summed E-state index contributed by atoms with van der Waals surface area (Å²) in [6, 6.07) is 12.2. The number of anilines is 1. The molecule has 0 spiro atoms. The Kier molecular flexibility index (Phi) is 7.76. The molecule has 0 saturated carbocycles. The Morgan fingerprint density at radius 3 is 2.83 bits per heavy atom. The van der Waals surface area contributed by atoms with Gasteiger partial charge in [0.05, 0.1) is 6.54 Å². The van der Waals surface area contributed by atoms with Crippen LogP contribution >= 0.6 is 0 Å². The highest BCUT2D eigenvalue weighted by Gasteiger charge is 2.19. The summed E-state index contributed by atoms with van der Waals surface area (Å²) in [6.07, 6.45) is 2.94. The molecule has 0 fully saturated rings. The topological polar surface area (TPSA) is 65.5 Å². The number of aromatic nitrogens is 1. The minimum Gasteiger partial charge on any atom is -0.370 e. The lowest BCUT2D eigenvalue weighted by atomic mass is 10.1. The van der Waals surface area contributed by atoms with Crippen LogP contribution in [0.5, 0.6) is 0 Å². The minimum atomic E-state index is -0.306. The average molecular weight is 413 g/mol. The van der Waals surface area contributed by atoms with Crippen molar-refractivity contribution in [3.8, 4) is 0 Å². The molecule has 160 valence electrons. The Hall–Kier alpha value is -2.96. The monoisotopic (exact) mass is 412 g/mol. The van der Waals surface area contributed by atoms with E-state index in [1.165, 1.54) is 12.1 Å². The third kappa shape index (κ3) is 6.54. The van der Waals surface area contributed by atoms with Gasteiger partial charge in [0, 0.05) is 38.8 Å². The second kappa shape index (κ2) is 10.7. The maximum atomic E-state index is 13.4. The summed E-state index contributed by atoms with van der Waals surface area (Å²) in [5, 5.41) is 3.30. The Bertz CT molecular complexity index is 874. The number of nitrogens with zero attached hydrogens (tertiary/aromatic N) is 3. The molecule has 2 amide bonds. The number of aryl methyl sites for hydroxylation is 2. The van der Waals surface area contributed by atoms with Crippen molar-refractivity contribution in [3.63, 3.8) is 0 Å². The lowest BCUT2D eigenvalue weighted by Gasteiger charge is -2.26. The van der Waals surface area contributed by atoms with Crippen LogP contribution in [0.3, 0.4) is 0 Å². The van der Waals surface area contributed by atoms with Gasteiger partial charge in [0.15, 0.2) is 0 Å². The van der Waals surface area contributed by atoms with Gasteiger partial charge in [-0.15, -0.1) is 0 Å². The van der Waals surface area contributed by atoms with E-state index in [2.05, 4.69) is 10.3 Å². The van der Waals surface area contributed by atoms with Crippen molar-refractivity contribution in [3.05, 3.63) is 59.5 Å². The molecule has 1 aromatic heterocycles. The molecule has 0 radical (unpaired) electrons. The summed E-state index contributed by atoms with van der Waals surface area (Å²) in [5.41, 5.74) is 1.75. The van der Waals surface area contributed by atoms with Gasteiger partial charge in [0.1, 0.15) is 11.6 Å². The molecule has 2 aromatic rings. The number of halogens is 1. The Morgan fingerprint density at radius 1 is 1.17 bits per heavy atom. The lowest BCUT2D eigenvalue weighted by Crippen LogP contribution is -2.42. The number of benzene rings is 1. The number of amides is 2. The summed E-state index contributed by atoms with van der Waals surface area (Å²) in [6.45, 7) is 1.89. The SMILES string of the molecule is CN1CCCNc2cccc(n2)CCCN(C(=O)CCc2cccc(F)c2)CC1=O. The van der Waals surface area contributed by atoms with E-state index >= 15 is 0 Å². The number of rotatable bonds is 3. The molecule has 1 N–H and O–H groups in total. The second-order valence-corrected chi connectivity index (χ2v) is 7.66. The van der Waals surface area contributed by atoms with Crippen LogP contribution in [0.15, 0.2) is 42.5 Å². The number of carbonyl (C=O) groups is 2. The normalized spacial score (nSPS) is 16.0. The highest BCUT2D eigenvalue weighted by atomic mass is 19.1. The molecule has 30 heavy (non-hydrogen) atoms. The lowest BCUT2D eigenvalue weighted by molar-refractivity contribution is -0.139. The number of pyridine rings is 1. The molecule has 0 aliphatic carbocycles. The molecule has 7 heteroatoms. The molecule has 6 nitrogen and oxygen atoms in total. The van der Waals surface area contributed by atoms with Crippen LogP contribution in [-0.2, 0) is 22.4 Å². The predicted molar refractivity (Wildman–Crippen MR) is 115 cm³/mol. The van der Waals surface area contributed by atoms with Crippen molar-refractivity contribution in [2.24, 2.45) is 0 Å². The number of fused-ring (bicyclic) bond motifs is 2. The van der Waals surface area contributed by atoms with Crippen LogP contribution in [0.1, 0.15) is 30.5 Å². The summed E-state index contributed by atoms with van der Waals surface area (Å²) in [7, 11) is 1.77. The largest absolute Gasteiger partial charge is 0.370 e. The molecule has 1 aromatic carbocycles. The molecule has 0 unspecified atom stereocenters. The van der Waals surface area contributed by atoms with Gasteiger partial charge < -0.3 is 15.1 Å². The van der Waals surface area contributed by atoms with E-state index in [0.717, 1.165) is 42.9 Å². The van der Waals surface area contributed by atoms with E-state index in [-0.39, 0.29) is 30.6 Å². The Morgan fingerprint density at radius 2 is 2.00 bits per heavy atom. The van der Waals surface area contributed by atoms with Gasteiger partial charge in [-0.05, 0) is 55.5 Å². The smallest absolute Gasteiger partial charge is 0.241 e. The maximum absolute atomic E-state index is 13.4. The van der Waals surface area contributed by atoms with Crippen molar-refractivity contribution in [2.45, 2.75) is 32.1 Å². The quantitative estimate of drug-likeness (QED) is 0.842. The minimum absolute atomic E-state index is 0.0668. The van der Waals surface area contributed by atoms with E-state index in [9.17, 15) is 14.0 Å². The molecule has 0 saturated heterocycles. The van der Waals surface area contributed by atoms with Crippen LogP contribution in [0.4, 0.5) is 10.2 Å². The number of hydrogen-bond donors (Lipinski definition) is 1. The van der Waals surface area contributed by atoms with E-state index in [1.54, 1.807) is 22.9 Å². The molecule has 1 aliphatic heterocycles. The molecule has 1 aliphatic rings. The fourth-order valence-electron chi connectivity index (χ4n) is 3.50. The number of nitrogens with one attached hydrogen (secondary N) is 1. The van der Waals surface area contributed by atoms with Crippen molar-refractivity contribution in [1.29, 1.82) is 0 Å². The first-order chi connectivity index (χ1) is 14.5. The summed E-state index contributed by atoms with van der Waals surface area (Å²) in [5.74, 6) is 0.375. The van der Waals surface area contributed by atoms with Crippen molar-refractivity contribution in [2.75, 3.05) is 38.5 Å². The van der Waals surface area contributed by atoms with E-state index in [0.29, 0.717) is 19.5 Å². The van der Waals surface area contributed by atoms with Crippen molar-refractivity contribution >= 4 is 17.6 Å². The second-order valence-electron chi connectivity index (χ2n) is 7.66. The molecular weight excluding hydrogens is 383 g/mol. The summed E-state index contributed by atoms with van der Waals surface area (Å²) >= 11 is 0. The van der Waals surface area contributed by atoms with Gasteiger partial charge >= 0.3 is 0 Å². The van der Waals surface area contributed by atoms with Crippen LogP contribution in [-0.4, -0.2) is 59.8 Å². The number of likely N-dealkylation sites (N-methyl/N-ethyl adjacent to an activating group) is 1. The van der Waals surface area contributed by atoms with Gasteiger partial charge in [-0.1, -0.05) is 18.2 Å². The molecule has 3 rings (SSSR count). The number of hydrogen-bond acceptors (Lipinski definition) is 4. The van der Waals surface area contributed by atoms with Crippen LogP contribution in [0.2, 0.25) is 0 Å². The Labute approximate surface area is 177 Å². The fourth-order valence-corrected chi connectivity index (χ4v) is 3.50. The molecule has 2 heterocycles. The Balaban J connectivity index is 1.67. The standard InChI is InChI=1S/C23H29FN4O2/c1-27-14-5-13-25-21-10-3-8-20(26-21)9-4-15-28(17-23(27)30)22(29)12-11-18-6-2-7-19(24)16-18/h2-3,6-8,10,16H,4-5,9,11-15,17H2,1H3,(H,25,26). The third-order valence-electron chi connectivity index (χ3n) is 5.27. The zero-order chi connectivity index (χ0) is 21.3. The number of carbonyl (C=O) groups excluding carboxylic acids is 2. The van der Waals surface area contributed by atoms with Gasteiger partial charge in [-0.3, -0.25) is 9.59 Å². The average Bonchev–Trinajstić information content (AvgIpc) is 2.74. The fraction of sp³-hybridized carbons (Fsp3) is 0.435. The van der Waals surface area contributed by atoms with Crippen molar-refractivity contribution in [1.82, 2.24) is 14.8 Å². The first kappa shape index (κ1) is 21.7. The van der Waals surface area contributed by atoms with E-state index in [4.69, 9.17) is 0 Å². The van der Waals surface area contributed by atoms with E-state index in [1.807, 2.05) is 24.3 Å². The molecule has 0 atom stereocenters. The third-order valence-corrected chi connectivity index (χ3v) is 5.27. The first-order valence-corrected chi connectivity index (χ1v) is 10.5. The zero-order valence-corrected chi connectivity index (χ0v) is 17.4. The van der Waals surface area contributed by atoms with Crippen LogP contribution in [0, 0.1) is 5.82 Å². The zero-order valence-electron chi connectivity index (χ0n) is 17.4. The predicted octanol–water partition coefficient (Wildman–Crippen LogP) is 2.89. The summed E-state index contributed by atoms with van der Waals surface area (Å²) in [4.78, 5) is 33.4. The molecular formula is C23H29FN4O2. The van der Waals surface area contributed by atoms with E-state index < -0.39 is 0 Å². The highest BCUT2D eigenvalue weighted by Crippen LogP contribution is 2.11. The highest BCUT2D eigenvalue weighted by molar-refractivity contribution is 5.84. The van der Waals surface area contributed by atoms with Gasteiger partial charge in [-0.2, -0.15) is 0 Å². The van der Waals surface area contributed by atoms with Gasteiger partial charge in [0.2, 0.25) is 11.8 Å². The van der Waals surface area contributed by atoms with Crippen molar-refractivity contribution < 1.29 is 14.0 Å². The maximum Gasteiger partial charge on any atom is 0.241 e. The first-order valence-electron chi connectivity index (χ1n) is 10.5.